The van der Waals surface area contributed by atoms with Gasteiger partial charge < -0.3 is 15.5 Å². The van der Waals surface area contributed by atoms with Crippen molar-refractivity contribution >= 4 is 29.0 Å². The van der Waals surface area contributed by atoms with Gasteiger partial charge in [-0.2, -0.15) is 0 Å². The number of ether oxygens (including phenoxy) is 1. The molecule has 1 heterocycles. The summed E-state index contributed by atoms with van der Waals surface area (Å²) in [5.41, 5.74) is 8.80. The van der Waals surface area contributed by atoms with E-state index in [9.17, 15) is 10.1 Å². The van der Waals surface area contributed by atoms with Crippen molar-refractivity contribution in [1.82, 2.24) is 4.98 Å². The number of hydrogen-bond acceptors (Lipinski definition) is 4. The van der Waals surface area contributed by atoms with E-state index in [4.69, 9.17) is 10.5 Å². The Morgan fingerprint density at radius 3 is 2.58 bits per heavy atom. The molecule has 0 bridgehead atoms. The fraction of sp³-hybridized carbons (Fsp3) is 0.176. The van der Waals surface area contributed by atoms with Gasteiger partial charge >= 0.3 is 0 Å². The molecule has 0 amide bonds. The Balaban J connectivity index is 0.00000208. The number of nitro benzene ring substituents is 1. The highest BCUT2D eigenvalue weighted by Gasteiger charge is 2.06. The van der Waals surface area contributed by atoms with Crippen LogP contribution in [0.15, 0.2) is 48.7 Å². The quantitative estimate of drug-likeness (QED) is 0.526. The number of aromatic nitrogens is 1. The minimum absolute atomic E-state index is 0. The molecule has 6 nitrogen and oxygen atoms in total. The maximum Gasteiger partial charge on any atom is 0.269 e. The molecule has 0 aliphatic rings. The average Bonchev–Trinajstić information content (AvgIpc) is 2.96. The van der Waals surface area contributed by atoms with Gasteiger partial charge in [-0.15, -0.1) is 12.4 Å². The van der Waals surface area contributed by atoms with Crippen molar-refractivity contribution in [3.05, 3.63) is 69.9 Å². The van der Waals surface area contributed by atoms with Gasteiger partial charge in [-0.05, 0) is 54.4 Å². The zero-order valence-corrected chi connectivity index (χ0v) is 13.7. The Morgan fingerprint density at radius 1 is 1.17 bits per heavy atom. The summed E-state index contributed by atoms with van der Waals surface area (Å²) in [7, 11) is 0. The molecule has 126 valence electrons. The van der Waals surface area contributed by atoms with Gasteiger partial charge in [0.15, 0.2) is 0 Å². The zero-order valence-electron chi connectivity index (χ0n) is 12.9. The van der Waals surface area contributed by atoms with E-state index in [-0.39, 0.29) is 18.1 Å². The van der Waals surface area contributed by atoms with E-state index in [1.165, 1.54) is 17.7 Å². The van der Waals surface area contributed by atoms with Crippen molar-refractivity contribution in [3.8, 4) is 5.75 Å². The number of halogens is 1. The van der Waals surface area contributed by atoms with Crippen molar-refractivity contribution < 1.29 is 9.66 Å². The lowest BCUT2D eigenvalue weighted by molar-refractivity contribution is -0.384. The number of nitrogens with one attached hydrogen (secondary N) is 1. The zero-order chi connectivity index (χ0) is 16.2. The van der Waals surface area contributed by atoms with Gasteiger partial charge in [-0.3, -0.25) is 10.1 Å². The van der Waals surface area contributed by atoms with Crippen LogP contribution >= 0.6 is 12.4 Å². The van der Waals surface area contributed by atoms with E-state index >= 15 is 0 Å². The number of nitrogens with two attached hydrogens (primary N) is 1. The summed E-state index contributed by atoms with van der Waals surface area (Å²) in [5.74, 6) is 0.758. The molecule has 3 rings (SSSR count). The van der Waals surface area contributed by atoms with Crippen LogP contribution in [-0.2, 0) is 13.0 Å². The Hall–Kier alpha value is -2.57. The Bertz CT molecular complexity index is 831. The first-order valence-corrected chi connectivity index (χ1v) is 7.33. The lowest BCUT2D eigenvalue weighted by Gasteiger charge is -2.07. The first-order valence-electron chi connectivity index (χ1n) is 7.33. The second-order valence-corrected chi connectivity index (χ2v) is 5.27. The Labute approximate surface area is 145 Å². The molecule has 7 heteroatoms. The molecule has 3 N–H and O–H groups in total. The van der Waals surface area contributed by atoms with Gasteiger partial charge in [0.1, 0.15) is 12.4 Å². The Morgan fingerprint density at radius 2 is 1.92 bits per heavy atom. The molecule has 0 fully saturated rings. The van der Waals surface area contributed by atoms with Crippen molar-refractivity contribution in [3.63, 3.8) is 0 Å². The molecule has 0 unspecified atom stereocenters. The number of H-pyrrole nitrogens is 1. The molecule has 0 spiro atoms. The van der Waals surface area contributed by atoms with Gasteiger partial charge in [0.05, 0.1) is 4.92 Å². The third-order valence-corrected chi connectivity index (χ3v) is 3.71. The topological polar surface area (TPSA) is 94.2 Å². The second-order valence-electron chi connectivity index (χ2n) is 5.27. The highest BCUT2D eigenvalue weighted by molar-refractivity contribution is 5.85. The number of fused-ring (bicyclic) bond motifs is 1. The van der Waals surface area contributed by atoms with Gasteiger partial charge in [-0.25, -0.2) is 0 Å². The van der Waals surface area contributed by atoms with Gasteiger partial charge in [-0.1, -0.05) is 0 Å². The van der Waals surface area contributed by atoms with E-state index in [2.05, 4.69) is 4.98 Å². The molecule has 0 saturated heterocycles. The van der Waals surface area contributed by atoms with Crippen molar-refractivity contribution in [2.75, 3.05) is 6.54 Å². The molecule has 3 aromatic rings. The van der Waals surface area contributed by atoms with E-state index in [0.29, 0.717) is 13.2 Å². The molecular formula is C17H18ClN3O3. The number of nitrogens with zero attached hydrogens (tertiary/aromatic N) is 1. The molecule has 0 aliphatic heterocycles. The first-order chi connectivity index (χ1) is 11.2. The minimum Gasteiger partial charge on any atom is -0.489 e. The van der Waals surface area contributed by atoms with Crippen LogP contribution in [0.5, 0.6) is 5.75 Å². The molecule has 2 aromatic carbocycles. The van der Waals surface area contributed by atoms with Gasteiger partial charge in [0.25, 0.3) is 5.69 Å². The molecule has 0 radical (unpaired) electrons. The van der Waals surface area contributed by atoms with Crippen LogP contribution in [0.1, 0.15) is 11.1 Å². The third kappa shape index (κ3) is 3.84. The average molecular weight is 348 g/mol. The summed E-state index contributed by atoms with van der Waals surface area (Å²) in [5, 5.41) is 11.7. The molecular weight excluding hydrogens is 330 g/mol. The number of nitro groups is 1. The Kier molecular flexibility index (Phi) is 5.78. The van der Waals surface area contributed by atoms with Gasteiger partial charge in [0.2, 0.25) is 0 Å². The summed E-state index contributed by atoms with van der Waals surface area (Å²) < 4.78 is 5.79. The maximum atomic E-state index is 10.6. The van der Waals surface area contributed by atoms with Crippen LogP contribution in [-0.4, -0.2) is 16.5 Å². The van der Waals surface area contributed by atoms with Crippen molar-refractivity contribution in [2.45, 2.75) is 13.0 Å². The number of aromatic amines is 1. The summed E-state index contributed by atoms with van der Waals surface area (Å²) in [6.45, 7) is 0.959. The van der Waals surface area contributed by atoms with Crippen LogP contribution in [0.4, 0.5) is 5.69 Å². The standard InChI is InChI=1S/C17H17N3O3.ClH/c18-8-7-13-10-19-17-6-5-15(9-16(13)17)23-11-12-1-3-14(4-2-12)20(21)22;/h1-6,9-10,19H,7-8,11,18H2;1H. The molecule has 0 atom stereocenters. The van der Waals surface area contributed by atoms with E-state index < -0.39 is 4.92 Å². The van der Waals surface area contributed by atoms with Crippen LogP contribution in [0.25, 0.3) is 10.9 Å². The van der Waals surface area contributed by atoms with Crippen molar-refractivity contribution in [1.29, 1.82) is 0 Å². The first kappa shape index (κ1) is 17.8. The lowest BCUT2D eigenvalue weighted by atomic mass is 10.1. The lowest BCUT2D eigenvalue weighted by Crippen LogP contribution is -2.01. The number of hydrogen-bond donors (Lipinski definition) is 2. The van der Waals surface area contributed by atoms with Crippen LogP contribution in [0.3, 0.4) is 0 Å². The molecule has 1 aromatic heterocycles. The highest BCUT2D eigenvalue weighted by atomic mass is 35.5. The minimum atomic E-state index is -0.413. The van der Waals surface area contributed by atoms with E-state index in [0.717, 1.165) is 28.6 Å². The fourth-order valence-corrected chi connectivity index (χ4v) is 2.49. The predicted octanol–water partition coefficient (Wildman–Crippen LogP) is 3.58. The van der Waals surface area contributed by atoms with Crippen LogP contribution < -0.4 is 10.5 Å². The van der Waals surface area contributed by atoms with Crippen LogP contribution in [0.2, 0.25) is 0 Å². The summed E-state index contributed by atoms with van der Waals surface area (Å²) in [6.07, 6.45) is 2.78. The number of non-ortho nitro benzene ring substituents is 1. The maximum absolute atomic E-state index is 10.6. The molecule has 24 heavy (non-hydrogen) atoms. The smallest absolute Gasteiger partial charge is 0.269 e. The monoisotopic (exact) mass is 347 g/mol. The summed E-state index contributed by atoms with van der Waals surface area (Å²) >= 11 is 0. The highest BCUT2D eigenvalue weighted by Crippen LogP contribution is 2.24. The molecule has 0 aliphatic carbocycles. The molecule has 0 saturated carbocycles. The predicted molar refractivity (Wildman–Crippen MR) is 95.7 cm³/mol. The normalized spacial score (nSPS) is 10.4. The summed E-state index contributed by atoms with van der Waals surface area (Å²) in [4.78, 5) is 13.4. The third-order valence-electron chi connectivity index (χ3n) is 3.71. The second kappa shape index (κ2) is 7.81. The summed E-state index contributed by atoms with van der Waals surface area (Å²) in [6, 6.07) is 12.2. The van der Waals surface area contributed by atoms with Gasteiger partial charge in [0, 0.05) is 29.2 Å². The number of rotatable bonds is 6. The SMILES string of the molecule is Cl.NCCc1c[nH]c2ccc(OCc3ccc([N+](=O)[O-])cc3)cc12. The number of benzene rings is 2. The fourth-order valence-electron chi connectivity index (χ4n) is 2.49. The van der Waals surface area contributed by atoms with Crippen LogP contribution in [0, 0.1) is 10.1 Å². The van der Waals surface area contributed by atoms with E-state index in [1.54, 1.807) is 12.1 Å². The largest absolute Gasteiger partial charge is 0.489 e. The van der Waals surface area contributed by atoms with Crippen molar-refractivity contribution in [2.24, 2.45) is 5.73 Å². The van der Waals surface area contributed by atoms with E-state index in [1.807, 2.05) is 24.4 Å².